The Morgan fingerprint density at radius 2 is 1.80 bits per heavy atom. The Morgan fingerprint density at radius 3 is 2.30 bits per heavy atom. The summed E-state index contributed by atoms with van der Waals surface area (Å²) >= 11 is 0. The number of carboxylic acid groups (broad SMARTS) is 1. The van der Waals surface area contributed by atoms with Gasteiger partial charge in [0.1, 0.15) is 0 Å². The summed E-state index contributed by atoms with van der Waals surface area (Å²) in [4.78, 5) is 23.1. The van der Waals surface area contributed by atoms with Gasteiger partial charge < -0.3 is 15.3 Å². The first-order valence-electron chi connectivity index (χ1n) is 5.69. The van der Waals surface area contributed by atoms with Crippen LogP contribution in [0.25, 0.3) is 0 Å². The van der Waals surface area contributed by atoms with E-state index in [0.717, 1.165) is 4.90 Å². The number of carboxylic acids is 1. The minimum absolute atomic E-state index is 0.0998. The third-order valence-corrected chi connectivity index (χ3v) is 2.47. The lowest BCUT2D eigenvalue weighted by molar-refractivity contribution is -0.137. The Hall–Kier alpha value is -2.25. The zero-order valence-electron chi connectivity index (χ0n) is 10.6. The molecule has 2 amide bonds. The molecule has 0 saturated heterocycles. The van der Waals surface area contributed by atoms with E-state index in [1.165, 1.54) is 7.05 Å². The molecule has 2 N–H and O–H groups in total. The van der Waals surface area contributed by atoms with E-state index in [4.69, 9.17) is 5.11 Å². The predicted octanol–water partition coefficient (Wildman–Crippen LogP) is 2.43. The quantitative estimate of drug-likeness (QED) is 0.818. The summed E-state index contributed by atoms with van der Waals surface area (Å²) < 4.78 is 38.6. The number of hydrogen-bond acceptors (Lipinski definition) is 2. The first kappa shape index (κ1) is 15.8. The third-order valence-electron chi connectivity index (χ3n) is 2.47. The van der Waals surface area contributed by atoms with Gasteiger partial charge in [0, 0.05) is 37.8 Å². The van der Waals surface area contributed by atoms with Crippen LogP contribution in [-0.2, 0) is 4.79 Å². The van der Waals surface area contributed by atoms with Crippen LogP contribution in [0.1, 0.15) is 12.8 Å². The molecule has 0 aliphatic carbocycles. The number of nitrogens with one attached hydrogen (secondary N) is 1. The number of nitrogens with zero attached hydrogens (tertiary/aromatic N) is 1. The van der Waals surface area contributed by atoms with Crippen molar-refractivity contribution in [1.29, 1.82) is 0 Å². The first-order chi connectivity index (χ1) is 9.31. The lowest BCUT2D eigenvalue weighted by Crippen LogP contribution is -2.32. The highest BCUT2D eigenvalue weighted by Crippen LogP contribution is 2.17. The van der Waals surface area contributed by atoms with Crippen LogP contribution >= 0.6 is 0 Å². The van der Waals surface area contributed by atoms with Crippen molar-refractivity contribution in [3.8, 4) is 0 Å². The summed E-state index contributed by atoms with van der Waals surface area (Å²) in [5, 5.41) is 10.6. The number of benzene rings is 1. The minimum Gasteiger partial charge on any atom is -0.481 e. The number of anilines is 1. The van der Waals surface area contributed by atoms with Crippen LogP contribution in [0.2, 0.25) is 0 Å². The Labute approximate surface area is 113 Å². The fourth-order valence-electron chi connectivity index (χ4n) is 1.42. The van der Waals surface area contributed by atoms with Gasteiger partial charge in [-0.2, -0.15) is 0 Å². The van der Waals surface area contributed by atoms with E-state index in [9.17, 15) is 22.8 Å². The van der Waals surface area contributed by atoms with Gasteiger partial charge in [-0.05, 0) is 6.42 Å². The molecule has 0 atom stereocenters. The molecule has 0 fully saturated rings. The monoisotopic (exact) mass is 290 g/mol. The van der Waals surface area contributed by atoms with Gasteiger partial charge in [-0.3, -0.25) is 4.79 Å². The van der Waals surface area contributed by atoms with Crippen molar-refractivity contribution in [1.82, 2.24) is 4.90 Å². The van der Waals surface area contributed by atoms with Gasteiger partial charge in [0.25, 0.3) is 0 Å². The summed E-state index contributed by atoms with van der Waals surface area (Å²) in [7, 11) is 1.40. The smallest absolute Gasteiger partial charge is 0.321 e. The van der Waals surface area contributed by atoms with Gasteiger partial charge in [0.15, 0.2) is 17.5 Å². The molecule has 0 aliphatic rings. The number of hydrogen-bond donors (Lipinski definition) is 2. The molecular formula is C12H13F3N2O3. The van der Waals surface area contributed by atoms with Gasteiger partial charge in [-0.15, -0.1) is 0 Å². The van der Waals surface area contributed by atoms with Gasteiger partial charge in [-0.25, -0.2) is 18.0 Å². The number of halogens is 3. The molecule has 0 unspecified atom stereocenters. The number of rotatable bonds is 5. The normalized spacial score (nSPS) is 10.2. The van der Waals surface area contributed by atoms with Crippen molar-refractivity contribution in [2.45, 2.75) is 12.8 Å². The summed E-state index contributed by atoms with van der Waals surface area (Å²) in [6, 6.07) is 0.629. The van der Waals surface area contributed by atoms with Crippen molar-refractivity contribution >= 4 is 17.7 Å². The molecule has 0 radical (unpaired) electrons. The highest BCUT2D eigenvalue weighted by atomic mass is 19.2. The van der Waals surface area contributed by atoms with E-state index in [1.54, 1.807) is 0 Å². The third kappa shape index (κ3) is 4.45. The molecule has 0 heterocycles. The van der Waals surface area contributed by atoms with Gasteiger partial charge in [-0.1, -0.05) is 0 Å². The highest BCUT2D eigenvalue weighted by Gasteiger charge is 2.14. The van der Waals surface area contributed by atoms with Crippen LogP contribution < -0.4 is 5.32 Å². The Bertz CT molecular complexity index is 500. The summed E-state index contributed by atoms with van der Waals surface area (Å²) in [6.45, 7) is 0.157. The zero-order valence-corrected chi connectivity index (χ0v) is 10.6. The maximum atomic E-state index is 12.9. The number of carbonyl (C=O) groups excluding carboxylic acids is 1. The highest BCUT2D eigenvalue weighted by molar-refractivity contribution is 5.89. The second kappa shape index (κ2) is 6.78. The topological polar surface area (TPSA) is 69.6 Å². The molecule has 1 aromatic rings. The van der Waals surface area contributed by atoms with Crippen molar-refractivity contribution in [3.63, 3.8) is 0 Å². The Balaban J connectivity index is 2.59. The fraction of sp³-hybridized carbons (Fsp3) is 0.333. The van der Waals surface area contributed by atoms with Crippen molar-refractivity contribution < 1.29 is 27.9 Å². The molecule has 1 rings (SSSR count). The molecule has 1 aromatic carbocycles. The fourth-order valence-corrected chi connectivity index (χ4v) is 1.42. The maximum absolute atomic E-state index is 12.9. The van der Waals surface area contributed by atoms with Gasteiger partial charge in [0.05, 0.1) is 0 Å². The SMILES string of the molecule is CN(CCCC(=O)O)C(=O)Nc1cc(F)c(F)c(F)c1. The summed E-state index contributed by atoms with van der Waals surface area (Å²) in [6.07, 6.45) is 0.142. The lowest BCUT2D eigenvalue weighted by atomic mass is 10.3. The zero-order chi connectivity index (χ0) is 15.3. The molecule has 110 valence electrons. The molecule has 0 aliphatic heterocycles. The number of carbonyl (C=O) groups is 2. The van der Waals surface area contributed by atoms with Crippen molar-refractivity contribution in [3.05, 3.63) is 29.6 Å². The largest absolute Gasteiger partial charge is 0.481 e. The summed E-state index contributed by atoms with van der Waals surface area (Å²) in [5.41, 5.74) is -0.225. The molecule has 0 bridgehead atoms. The molecule has 20 heavy (non-hydrogen) atoms. The molecule has 8 heteroatoms. The number of amides is 2. The standard InChI is InChI=1S/C12H13F3N2O3/c1-17(4-2-3-10(18)19)12(20)16-7-5-8(13)11(15)9(14)6-7/h5-6H,2-4H2,1H3,(H,16,20)(H,18,19). The summed E-state index contributed by atoms with van der Waals surface area (Å²) in [5.74, 6) is -5.41. The molecule has 5 nitrogen and oxygen atoms in total. The van der Waals surface area contributed by atoms with Gasteiger partial charge >= 0.3 is 12.0 Å². The van der Waals surface area contributed by atoms with Crippen LogP contribution in [0, 0.1) is 17.5 Å². The number of urea groups is 1. The van der Waals surface area contributed by atoms with E-state index >= 15 is 0 Å². The molecule has 0 spiro atoms. The Morgan fingerprint density at radius 1 is 1.25 bits per heavy atom. The van der Waals surface area contributed by atoms with Gasteiger partial charge in [0.2, 0.25) is 0 Å². The van der Waals surface area contributed by atoms with Crippen LogP contribution in [0.3, 0.4) is 0 Å². The lowest BCUT2D eigenvalue weighted by Gasteiger charge is -2.17. The first-order valence-corrected chi connectivity index (χ1v) is 5.69. The maximum Gasteiger partial charge on any atom is 0.321 e. The van der Waals surface area contributed by atoms with E-state index in [1.807, 2.05) is 0 Å². The van der Waals surface area contributed by atoms with Crippen molar-refractivity contribution in [2.24, 2.45) is 0 Å². The van der Waals surface area contributed by atoms with Crippen LogP contribution in [0.4, 0.5) is 23.7 Å². The van der Waals surface area contributed by atoms with Crippen molar-refractivity contribution in [2.75, 3.05) is 18.9 Å². The molecule has 0 aromatic heterocycles. The van der Waals surface area contributed by atoms with Crippen LogP contribution in [0.5, 0.6) is 0 Å². The van der Waals surface area contributed by atoms with E-state index in [-0.39, 0.29) is 25.1 Å². The Kier molecular flexibility index (Phi) is 5.36. The van der Waals surface area contributed by atoms with Crippen LogP contribution in [0.15, 0.2) is 12.1 Å². The van der Waals surface area contributed by atoms with E-state index < -0.39 is 29.5 Å². The molecule has 0 saturated carbocycles. The number of aliphatic carboxylic acids is 1. The minimum atomic E-state index is -1.61. The average Bonchev–Trinajstić information content (AvgIpc) is 2.35. The van der Waals surface area contributed by atoms with E-state index in [2.05, 4.69) is 5.32 Å². The second-order valence-electron chi connectivity index (χ2n) is 4.10. The molecular weight excluding hydrogens is 277 g/mol. The predicted molar refractivity (Wildman–Crippen MR) is 64.8 cm³/mol. The van der Waals surface area contributed by atoms with E-state index in [0.29, 0.717) is 12.1 Å². The average molecular weight is 290 g/mol. The van der Waals surface area contributed by atoms with Crippen LogP contribution in [-0.4, -0.2) is 35.6 Å². The second-order valence-corrected chi connectivity index (χ2v) is 4.10.